The van der Waals surface area contributed by atoms with Crippen LogP contribution in [-0.2, 0) is 16.1 Å². The molecule has 0 saturated heterocycles. The molecule has 1 aromatic rings. The maximum atomic E-state index is 11.1. The molecule has 6 heteroatoms. The van der Waals surface area contributed by atoms with Gasteiger partial charge >= 0.3 is 11.7 Å². The monoisotopic (exact) mass is 260 g/mol. The van der Waals surface area contributed by atoms with Crippen molar-refractivity contribution in [2.45, 2.75) is 11.4 Å². The maximum absolute atomic E-state index is 11.1. The van der Waals surface area contributed by atoms with Crippen molar-refractivity contribution in [1.82, 2.24) is 9.55 Å². The van der Waals surface area contributed by atoms with E-state index in [4.69, 9.17) is 0 Å². The first-order valence-corrected chi connectivity index (χ1v) is 4.80. The van der Waals surface area contributed by atoms with Crippen LogP contribution < -0.4 is 5.69 Å². The third-order valence-corrected chi connectivity index (χ3v) is 2.26. The van der Waals surface area contributed by atoms with Gasteiger partial charge in [-0.3, -0.25) is 9.36 Å². The van der Waals surface area contributed by atoms with Gasteiger partial charge in [0.25, 0.3) is 0 Å². The van der Waals surface area contributed by atoms with Crippen LogP contribution in [0.15, 0.2) is 23.3 Å². The fraction of sp³-hybridized carbons (Fsp3) is 0.375. The van der Waals surface area contributed by atoms with E-state index in [1.165, 1.54) is 17.9 Å². The molecule has 0 aliphatic heterocycles. The van der Waals surface area contributed by atoms with Gasteiger partial charge in [0.1, 0.15) is 4.83 Å². The fourth-order valence-electron chi connectivity index (χ4n) is 0.901. The summed E-state index contributed by atoms with van der Waals surface area (Å²) < 4.78 is 5.83. The van der Waals surface area contributed by atoms with Crippen LogP contribution in [0, 0.1) is 0 Å². The Labute approximate surface area is 88.8 Å². The van der Waals surface area contributed by atoms with Gasteiger partial charge in [-0.15, -0.1) is 0 Å². The Kier molecular flexibility index (Phi) is 3.82. The number of halogens is 1. The molecular formula is C8H9BrN2O3. The Bertz CT molecular complexity index is 377. The van der Waals surface area contributed by atoms with E-state index in [0.29, 0.717) is 0 Å². The number of ether oxygens (including phenoxy) is 1. The van der Waals surface area contributed by atoms with Crippen LogP contribution in [0.3, 0.4) is 0 Å². The summed E-state index contributed by atoms with van der Waals surface area (Å²) in [7, 11) is 1.29. The topological polar surface area (TPSA) is 61.2 Å². The third kappa shape index (κ3) is 2.66. The van der Waals surface area contributed by atoms with Gasteiger partial charge in [0.05, 0.1) is 13.7 Å². The minimum absolute atomic E-state index is 0.208. The van der Waals surface area contributed by atoms with Gasteiger partial charge < -0.3 is 4.74 Å². The first kappa shape index (κ1) is 10.9. The van der Waals surface area contributed by atoms with Gasteiger partial charge in [0.15, 0.2) is 0 Å². The highest BCUT2D eigenvalue weighted by molar-refractivity contribution is 9.10. The molecule has 1 atom stereocenters. The van der Waals surface area contributed by atoms with Gasteiger partial charge in [-0.25, -0.2) is 9.78 Å². The number of hydrogen-bond acceptors (Lipinski definition) is 4. The van der Waals surface area contributed by atoms with E-state index >= 15 is 0 Å². The van der Waals surface area contributed by atoms with Crippen LogP contribution >= 0.6 is 15.9 Å². The second kappa shape index (κ2) is 4.90. The molecule has 0 aromatic carbocycles. The number of methoxy groups -OCH3 is 1. The Morgan fingerprint density at radius 2 is 2.50 bits per heavy atom. The SMILES string of the molecule is COC(=O)C(Br)Cn1cccnc1=O. The number of carbonyl (C=O) groups excluding carboxylic acids is 1. The van der Waals surface area contributed by atoms with E-state index in [1.807, 2.05) is 0 Å². The fourth-order valence-corrected chi connectivity index (χ4v) is 1.40. The van der Waals surface area contributed by atoms with Crippen molar-refractivity contribution < 1.29 is 9.53 Å². The summed E-state index contributed by atoms with van der Waals surface area (Å²) in [5.74, 6) is -0.416. The third-order valence-electron chi connectivity index (χ3n) is 1.60. The number of aromatic nitrogens is 2. The van der Waals surface area contributed by atoms with Crippen molar-refractivity contribution in [3.8, 4) is 0 Å². The minimum Gasteiger partial charge on any atom is -0.468 e. The van der Waals surface area contributed by atoms with Crippen molar-refractivity contribution in [2.75, 3.05) is 7.11 Å². The largest absolute Gasteiger partial charge is 0.468 e. The minimum atomic E-state index is -0.533. The second-order valence-corrected chi connectivity index (χ2v) is 3.65. The van der Waals surface area contributed by atoms with Crippen LogP contribution in [0.2, 0.25) is 0 Å². The first-order valence-electron chi connectivity index (χ1n) is 3.88. The lowest BCUT2D eigenvalue weighted by Crippen LogP contribution is -2.29. The number of carbonyl (C=O) groups is 1. The Hall–Kier alpha value is -1.17. The van der Waals surface area contributed by atoms with E-state index in [1.54, 1.807) is 12.3 Å². The first-order chi connectivity index (χ1) is 6.65. The highest BCUT2D eigenvalue weighted by Gasteiger charge is 2.15. The molecule has 5 nitrogen and oxygen atoms in total. The van der Waals surface area contributed by atoms with Gasteiger partial charge in [-0.2, -0.15) is 0 Å². The van der Waals surface area contributed by atoms with Gasteiger partial charge in [-0.1, -0.05) is 15.9 Å². The molecule has 0 N–H and O–H groups in total. The molecule has 0 bridgehead atoms. The van der Waals surface area contributed by atoms with Crippen molar-refractivity contribution in [3.05, 3.63) is 28.9 Å². The van der Waals surface area contributed by atoms with Crippen LogP contribution in [0.4, 0.5) is 0 Å². The molecule has 0 radical (unpaired) electrons. The lowest BCUT2D eigenvalue weighted by Gasteiger charge is -2.08. The molecule has 76 valence electrons. The molecule has 0 amide bonds. The highest BCUT2D eigenvalue weighted by atomic mass is 79.9. The number of esters is 1. The summed E-state index contributed by atoms with van der Waals surface area (Å²) in [6.07, 6.45) is 2.97. The van der Waals surface area contributed by atoms with E-state index < -0.39 is 10.8 Å². The zero-order valence-electron chi connectivity index (χ0n) is 7.51. The highest BCUT2D eigenvalue weighted by Crippen LogP contribution is 2.03. The van der Waals surface area contributed by atoms with Crippen molar-refractivity contribution in [3.63, 3.8) is 0 Å². The Balaban J connectivity index is 2.74. The standard InChI is InChI=1S/C8H9BrN2O3/c1-14-7(12)6(9)5-11-4-2-3-10-8(11)13/h2-4,6H,5H2,1H3. The molecule has 14 heavy (non-hydrogen) atoms. The van der Waals surface area contributed by atoms with Crippen molar-refractivity contribution in [1.29, 1.82) is 0 Å². The molecule has 0 saturated carbocycles. The zero-order valence-corrected chi connectivity index (χ0v) is 9.10. The molecule has 1 aromatic heterocycles. The lowest BCUT2D eigenvalue weighted by molar-refractivity contribution is -0.140. The smallest absolute Gasteiger partial charge is 0.347 e. The molecule has 1 unspecified atom stereocenters. The summed E-state index contributed by atoms with van der Waals surface area (Å²) >= 11 is 3.11. The molecule has 1 heterocycles. The Morgan fingerprint density at radius 3 is 3.07 bits per heavy atom. The van der Waals surface area contributed by atoms with Crippen molar-refractivity contribution in [2.24, 2.45) is 0 Å². The van der Waals surface area contributed by atoms with Gasteiger partial charge in [0, 0.05) is 12.4 Å². The summed E-state index contributed by atoms with van der Waals surface area (Å²) in [6, 6.07) is 1.62. The van der Waals surface area contributed by atoms with Gasteiger partial charge in [0.2, 0.25) is 0 Å². The van der Waals surface area contributed by atoms with Gasteiger partial charge in [-0.05, 0) is 6.07 Å². The van der Waals surface area contributed by atoms with E-state index in [2.05, 4.69) is 25.7 Å². The molecule has 0 aliphatic carbocycles. The predicted octanol–water partition coefficient (Wildman–Crippen LogP) is 0.180. The lowest BCUT2D eigenvalue weighted by atomic mass is 10.4. The molecule has 0 spiro atoms. The number of rotatable bonds is 3. The molecule has 0 aliphatic rings. The summed E-state index contributed by atoms with van der Waals surface area (Å²) in [5.41, 5.74) is -0.388. The summed E-state index contributed by atoms with van der Waals surface area (Å²) in [5, 5.41) is 0. The predicted molar refractivity (Wildman–Crippen MR) is 53.2 cm³/mol. The summed E-state index contributed by atoms with van der Waals surface area (Å²) in [4.78, 5) is 25.2. The molecule has 1 rings (SSSR count). The number of nitrogens with zero attached hydrogens (tertiary/aromatic N) is 2. The van der Waals surface area contributed by atoms with Crippen molar-refractivity contribution >= 4 is 21.9 Å². The van der Waals surface area contributed by atoms with E-state index in [9.17, 15) is 9.59 Å². The average Bonchev–Trinajstić information content (AvgIpc) is 2.20. The van der Waals surface area contributed by atoms with Crippen LogP contribution in [0.1, 0.15) is 0 Å². The van der Waals surface area contributed by atoms with Crippen LogP contribution in [-0.4, -0.2) is 27.5 Å². The quantitative estimate of drug-likeness (QED) is 0.575. The average molecular weight is 261 g/mol. The normalized spacial score (nSPS) is 12.1. The molecular weight excluding hydrogens is 252 g/mol. The Morgan fingerprint density at radius 1 is 1.79 bits per heavy atom. The number of hydrogen-bond donors (Lipinski definition) is 0. The molecule has 0 fully saturated rings. The summed E-state index contributed by atoms with van der Waals surface area (Å²) in [6.45, 7) is 0.208. The second-order valence-electron chi connectivity index (χ2n) is 2.55. The maximum Gasteiger partial charge on any atom is 0.347 e. The van der Waals surface area contributed by atoms with E-state index in [0.717, 1.165) is 0 Å². The van der Waals surface area contributed by atoms with Crippen LogP contribution in [0.5, 0.6) is 0 Å². The van der Waals surface area contributed by atoms with E-state index in [-0.39, 0.29) is 12.2 Å². The zero-order chi connectivity index (χ0) is 10.6. The number of alkyl halides is 1. The van der Waals surface area contributed by atoms with Crippen LogP contribution in [0.25, 0.3) is 0 Å².